The Morgan fingerprint density at radius 2 is 1.24 bits per heavy atom. The summed E-state index contributed by atoms with van der Waals surface area (Å²) >= 11 is 0. The zero-order valence-corrected chi connectivity index (χ0v) is 17.0. The fourth-order valence-corrected chi connectivity index (χ4v) is 5.46. The minimum Gasteiger partial charge on any atom is -0.198 e. The van der Waals surface area contributed by atoms with E-state index >= 15 is 0 Å². The molecule has 2 rings (SSSR count). The second-order valence-corrected chi connectivity index (χ2v) is 9.21. The third-order valence-corrected chi connectivity index (χ3v) is 7.30. The number of unbranched alkanes of at least 4 members (excludes halogenated alkanes) is 8. The Balaban J connectivity index is 1.56. The molecule has 0 radical (unpaired) electrons. The number of nitrogens with zero attached hydrogens (tertiary/aromatic N) is 1. The van der Waals surface area contributed by atoms with Gasteiger partial charge in [0.2, 0.25) is 0 Å². The highest BCUT2D eigenvalue weighted by Gasteiger charge is 2.37. The van der Waals surface area contributed by atoms with E-state index in [1.807, 2.05) is 0 Å². The van der Waals surface area contributed by atoms with Gasteiger partial charge in [-0.3, -0.25) is 0 Å². The molecule has 0 heterocycles. The van der Waals surface area contributed by atoms with Crippen LogP contribution in [0.3, 0.4) is 0 Å². The average molecular weight is 346 g/mol. The lowest BCUT2D eigenvalue weighted by Crippen LogP contribution is -2.30. The molecule has 25 heavy (non-hydrogen) atoms. The first-order valence-electron chi connectivity index (χ1n) is 11.7. The lowest BCUT2D eigenvalue weighted by atomic mass is 9.64. The van der Waals surface area contributed by atoms with Crippen LogP contribution in [0.4, 0.5) is 0 Å². The van der Waals surface area contributed by atoms with Gasteiger partial charge < -0.3 is 0 Å². The predicted octanol–water partition coefficient (Wildman–Crippen LogP) is 8.19. The summed E-state index contributed by atoms with van der Waals surface area (Å²) in [5, 5.41) is 9.81. The highest BCUT2D eigenvalue weighted by atomic mass is 14.4. The number of hydrogen-bond acceptors (Lipinski definition) is 1. The highest BCUT2D eigenvalue weighted by molar-refractivity contribution is 5.02. The van der Waals surface area contributed by atoms with Crippen LogP contribution >= 0.6 is 0 Å². The molecule has 0 aliphatic heterocycles. The Bertz CT molecular complexity index is 366. The molecular formula is C24H43N. The van der Waals surface area contributed by atoms with E-state index in [-0.39, 0.29) is 5.41 Å². The van der Waals surface area contributed by atoms with E-state index in [1.54, 1.807) is 0 Å². The molecule has 0 unspecified atom stereocenters. The summed E-state index contributed by atoms with van der Waals surface area (Å²) in [6.45, 7) is 2.29. The highest BCUT2D eigenvalue weighted by Crippen LogP contribution is 2.46. The molecular weight excluding hydrogens is 302 g/mol. The lowest BCUT2D eigenvalue weighted by Gasteiger charge is -2.39. The second kappa shape index (κ2) is 12.0. The van der Waals surface area contributed by atoms with Gasteiger partial charge in [-0.15, -0.1) is 0 Å². The molecule has 0 saturated heterocycles. The topological polar surface area (TPSA) is 23.8 Å². The molecule has 2 fully saturated rings. The molecule has 2 aliphatic rings. The van der Waals surface area contributed by atoms with Crippen LogP contribution in [-0.4, -0.2) is 0 Å². The maximum absolute atomic E-state index is 9.81. The van der Waals surface area contributed by atoms with Crippen molar-refractivity contribution in [3.63, 3.8) is 0 Å². The van der Waals surface area contributed by atoms with Gasteiger partial charge >= 0.3 is 0 Å². The van der Waals surface area contributed by atoms with Crippen LogP contribution in [0.15, 0.2) is 0 Å². The molecule has 2 saturated carbocycles. The molecule has 0 amide bonds. The van der Waals surface area contributed by atoms with Crippen molar-refractivity contribution >= 4 is 0 Å². The largest absolute Gasteiger partial charge is 0.198 e. The normalized spacial score (nSPS) is 27.9. The van der Waals surface area contributed by atoms with Crippen molar-refractivity contribution in [3.8, 4) is 6.07 Å². The maximum atomic E-state index is 9.81. The van der Waals surface area contributed by atoms with Crippen molar-refractivity contribution in [3.05, 3.63) is 0 Å². The Kier molecular flexibility index (Phi) is 9.97. The minimum atomic E-state index is 0.0479. The lowest BCUT2D eigenvalue weighted by molar-refractivity contribution is 0.129. The number of rotatable bonds is 11. The van der Waals surface area contributed by atoms with E-state index in [0.717, 1.165) is 11.8 Å². The molecule has 144 valence electrons. The van der Waals surface area contributed by atoms with Crippen molar-refractivity contribution in [1.82, 2.24) is 0 Å². The predicted molar refractivity (Wildman–Crippen MR) is 108 cm³/mol. The average Bonchev–Trinajstić information content (AvgIpc) is 2.68. The van der Waals surface area contributed by atoms with E-state index in [1.165, 1.54) is 122 Å². The first-order valence-corrected chi connectivity index (χ1v) is 11.7. The summed E-state index contributed by atoms with van der Waals surface area (Å²) in [6, 6.07) is 2.77. The van der Waals surface area contributed by atoms with Gasteiger partial charge in [-0.1, -0.05) is 96.8 Å². The van der Waals surface area contributed by atoms with Crippen LogP contribution in [-0.2, 0) is 0 Å². The molecule has 0 spiro atoms. The number of hydrogen-bond donors (Lipinski definition) is 0. The summed E-state index contributed by atoms with van der Waals surface area (Å²) in [5.74, 6) is 1.95. The van der Waals surface area contributed by atoms with Crippen LogP contribution in [0.1, 0.15) is 129 Å². The quantitative estimate of drug-likeness (QED) is 0.346. The van der Waals surface area contributed by atoms with Gasteiger partial charge in [0.1, 0.15) is 0 Å². The summed E-state index contributed by atoms with van der Waals surface area (Å²) in [5.41, 5.74) is 0.0479. The summed E-state index contributed by atoms with van der Waals surface area (Å²) in [4.78, 5) is 0. The van der Waals surface area contributed by atoms with E-state index in [2.05, 4.69) is 13.0 Å². The molecule has 1 heteroatoms. The SMILES string of the molecule is CCCCCCCCCCCC1(C#N)CCC(C2CCCCC2)CC1. The fourth-order valence-electron chi connectivity index (χ4n) is 5.46. The van der Waals surface area contributed by atoms with Crippen LogP contribution in [0.5, 0.6) is 0 Å². The van der Waals surface area contributed by atoms with Gasteiger partial charge in [0.25, 0.3) is 0 Å². The Labute approximate surface area is 158 Å². The zero-order chi connectivity index (χ0) is 17.8. The first-order chi connectivity index (χ1) is 12.3. The third-order valence-electron chi connectivity index (χ3n) is 7.30. The van der Waals surface area contributed by atoms with Gasteiger partial charge in [0.05, 0.1) is 11.5 Å². The summed E-state index contributed by atoms with van der Waals surface area (Å²) in [6.07, 6.45) is 26.1. The zero-order valence-electron chi connectivity index (χ0n) is 17.0. The molecule has 0 bridgehead atoms. The Hall–Kier alpha value is -0.510. The Morgan fingerprint density at radius 3 is 1.80 bits per heavy atom. The van der Waals surface area contributed by atoms with Crippen LogP contribution in [0, 0.1) is 28.6 Å². The first kappa shape index (κ1) is 20.8. The summed E-state index contributed by atoms with van der Waals surface area (Å²) in [7, 11) is 0. The molecule has 0 N–H and O–H groups in total. The second-order valence-electron chi connectivity index (χ2n) is 9.21. The smallest absolute Gasteiger partial charge is 0.0689 e. The standard InChI is InChI=1S/C24H43N/c1-2-3-4-5-6-7-8-9-13-18-24(21-25)19-16-23(17-20-24)22-14-11-10-12-15-22/h22-23H,2-20H2,1H3. The van der Waals surface area contributed by atoms with Crippen molar-refractivity contribution in [2.75, 3.05) is 0 Å². The van der Waals surface area contributed by atoms with Crippen molar-refractivity contribution < 1.29 is 0 Å². The van der Waals surface area contributed by atoms with Gasteiger partial charge in [0.15, 0.2) is 0 Å². The van der Waals surface area contributed by atoms with E-state index in [4.69, 9.17) is 0 Å². The Morgan fingerprint density at radius 1 is 0.720 bits per heavy atom. The van der Waals surface area contributed by atoms with Crippen LogP contribution in [0.25, 0.3) is 0 Å². The monoisotopic (exact) mass is 345 g/mol. The summed E-state index contributed by atoms with van der Waals surface area (Å²) < 4.78 is 0. The van der Waals surface area contributed by atoms with Crippen molar-refractivity contribution in [1.29, 1.82) is 5.26 Å². The van der Waals surface area contributed by atoms with Gasteiger partial charge in [0, 0.05) is 0 Å². The van der Waals surface area contributed by atoms with E-state index in [9.17, 15) is 5.26 Å². The van der Waals surface area contributed by atoms with E-state index < -0.39 is 0 Å². The molecule has 0 aromatic carbocycles. The third kappa shape index (κ3) is 7.32. The molecule has 0 aromatic rings. The van der Waals surface area contributed by atoms with Gasteiger partial charge in [-0.2, -0.15) is 5.26 Å². The minimum absolute atomic E-state index is 0.0479. The fraction of sp³-hybridized carbons (Fsp3) is 0.958. The van der Waals surface area contributed by atoms with Crippen LogP contribution < -0.4 is 0 Å². The maximum Gasteiger partial charge on any atom is 0.0689 e. The van der Waals surface area contributed by atoms with Crippen molar-refractivity contribution in [2.24, 2.45) is 17.3 Å². The molecule has 2 aliphatic carbocycles. The van der Waals surface area contributed by atoms with E-state index in [0.29, 0.717) is 0 Å². The van der Waals surface area contributed by atoms with Crippen LogP contribution in [0.2, 0.25) is 0 Å². The molecule has 0 atom stereocenters. The van der Waals surface area contributed by atoms with Crippen molar-refractivity contribution in [2.45, 2.75) is 129 Å². The number of nitriles is 1. The van der Waals surface area contributed by atoms with Gasteiger partial charge in [-0.05, 0) is 43.9 Å². The van der Waals surface area contributed by atoms with Gasteiger partial charge in [-0.25, -0.2) is 0 Å². The molecule has 0 aromatic heterocycles. The molecule has 1 nitrogen and oxygen atoms in total.